The molecule has 7 heteroatoms. The molecule has 134 valence electrons. The Morgan fingerprint density at radius 1 is 0.913 bits per heavy atom. The Labute approximate surface area is 139 Å². The topological polar surface area (TPSA) is 92.0 Å². The first-order valence-electron chi connectivity index (χ1n) is 8.02. The summed E-state index contributed by atoms with van der Waals surface area (Å²) in [7, 11) is 0. The van der Waals surface area contributed by atoms with E-state index in [9.17, 15) is 4.79 Å². The van der Waals surface area contributed by atoms with Crippen molar-refractivity contribution in [2.45, 2.75) is 19.3 Å². The quantitative estimate of drug-likeness (QED) is 0.287. The Hall–Kier alpha value is -1.17. The monoisotopic (exact) mass is 330 g/mol. The number of ether oxygens (including phenoxy) is 4. The molecule has 0 aromatic heterocycles. The van der Waals surface area contributed by atoms with Gasteiger partial charge in [-0.1, -0.05) is 5.92 Å². The van der Waals surface area contributed by atoms with Gasteiger partial charge < -0.3 is 30.0 Å². The molecule has 0 heterocycles. The fraction of sp³-hybridized carbons (Fsp3) is 0.812. The average Bonchev–Trinajstić information content (AvgIpc) is 2.55. The van der Waals surface area contributed by atoms with Crippen LogP contribution in [0.15, 0.2) is 0 Å². The van der Waals surface area contributed by atoms with E-state index in [-0.39, 0.29) is 5.91 Å². The molecule has 0 rings (SSSR count). The summed E-state index contributed by atoms with van der Waals surface area (Å²) < 4.78 is 21.0. The second-order valence-electron chi connectivity index (χ2n) is 4.69. The van der Waals surface area contributed by atoms with E-state index < -0.39 is 0 Å². The van der Waals surface area contributed by atoms with E-state index >= 15 is 0 Å². The van der Waals surface area contributed by atoms with Gasteiger partial charge in [-0.3, -0.25) is 4.79 Å². The maximum atomic E-state index is 11.4. The van der Waals surface area contributed by atoms with Gasteiger partial charge in [0.15, 0.2) is 0 Å². The van der Waals surface area contributed by atoms with Crippen LogP contribution in [0, 0.1) is 12.3 Å². The molecule has 7 nitrogen and oxygen atoms in total. The van der Waals surface area contributed by atoms with Crippen molar-refractivity contribution in [3.63, 3.8) is 0 Å². The molecule has 23 heavy (non-hydrogen) atoms. The highest BCUT2D eigenvalue weighted by Gasteiger charge is 1.99. The van der Waals surface area contributed by atoms with E-state index in [0.29, 0.717) is 72.4 Å². The Morgan fingerprint density at radius 3 is 2.04 bits per heavy atom. The summed E-state index contributed by atoms with van der Waals surface area (Å²) in [6.07, 6.45) is 7.26. The van der Waals surface area contributed by atoms with E-state index in [0.717, 1.165) is 12.8 Å². The zero-order valence-corrected chi connectivity index (χ0v) is 13.9. The van der Waals surface area contributed by atoms with Gasteiger partial charge in [0.05, 0.1) is 46.2 Å². The van der Waals surface area contributed by atoms with Crippen molar-refractivity contribution >= 4 is 5.91 Å². The number of carbonyl (C=O) groups is 1. The summed E-state index contributed by atoms with van der Waals surface area (Å²) in [4.78, 5) is 11.4. The van der Waals surface area contributed by atoms with Gasteiger partial charge >= 0.3 is 0 Å². The van der Waals surface area contributed by atoms with Gasteiger partial charge in [-0.25, -0.2) is 0 Å². The number of rotatable bonds is 17. The molecule has 0 aromatic carbocycles. The van der Waals surface area contributed by atoms with Crippen LogP contribution in [0.2, 0.25) is 0 Å². The smallest absolute Gasteiger partial charge is 0.220 e. The number of unbranched alkanes of at least 4 members (excludes halogenated alkanes) is 1. The molecule has 0 radical (unpaired) electrons. The second-order valence-corrected chi connectivity index (χ2v) is 4.69. The summed E-state index contributed by atoms with van der Waals surface area (Å²) >= 11 is 0. The first-order chi connectivity index (χ1) is 11.3. The molecule has 0 unspecified atom stereocenters. The fourth-order valence-corrected chi connectivity index (χ4v) is 1.57. The molecule has 0 aliphatic rings. The molecule has 3 N–H and O–H groups in total. The highest BCUT2D eigenvalue weighted by Crippen LogP contribution is 1.92. The molecule has 0 spiro atoms. The van der Waals surface area contributed by atoms with Crippen LogP contribution in [0.1, 0.15) is 19.3 Å². The molecule has 0 fully saturated rings. The van der Waals surface area contributed by atoms with Gasteiger partial charge in [0.2, 0.25) is 5.91 Å². The van der Waals surface area contributed by atoms with Crippen LogP contribution < -0.4 is 11.1 Å². The predicted octanol–water partition coefficient (Wildman–Crippen LogP) is -0.0688. The molecule has 0 saturated heterocycles. The van der Waals surface area contributed by atoms with Crippen molar-refractivity contribution < 1.29 is 23.7 Å². The number of amides is 1. The largest absolute Gasteiger partial charge is 0.377 e. The van der Waals surface area contributed by atoms with E-state index in [1.807, 2.05) is 0 Å². The van der Waals surface area contributed by atoms with E-state index in [1.54, 1.807) is 0 Å². The molecule has 0 bridgehead atoms. The fourth-order valence-electron chi connectivity index (χ4n) is 1.57. The Bertz CT molecular complexity index is 307. The summed E-state index contributed by atoms with van der Waals surface area (Å²) in [5, 5.41) is 2.79. The maximum Gasteiger partial charge on any atom is 0.220 e. The van der Waals surface area contributed by atoms with Gasteiger partial charge in [-0.15, -0.1) is 6.42 Å². The molecular weight excluding hydrogens is 300 g/mol. The normalized spacial score (nSPS) is 10.4. The van der Waals surface area contributed by atoms with E-state index in [1.165, 1.54) is 0 Å². The highest BCUT2D eigenvalue weighted by molar-refractivity contribution is 5.75. The molecule has 0 atom stereocenters. The molecular formula is C16H30N2O5. The third-order valence-electron chi connectivity index (χ3n) is 2.73. The number of nitrogens with two attached hydrogens (primary N) is 1. The highest BCUT2D eigenvalue weighted by atomic mass is 16.6. The Morgan fingerprint density at radius 2 is 1.48 bits per heavy atom. The minimum Gasteiger partial charge on any atom is -0.377 e. The van der Waals surface area contributed by atoms with E-state index in [4.69, 9.17) is 31.1 Å². The first kappa shape index (κ1) is 21.8. The molecule has 0 aliphatic heterocycles. The summed E-state index contributed by atoms with van der Waals surface area (Å²) in [6.45, 7) is 4.95. The van der Waals surface area contributed by atoms with Crippen molar-refractivity contribution in [3.8, 4) is 12.3 Å². The predicted molar refractivity (Wildman–Crippen MR) is 88.0 cm³/mol. The van der Waals surface area contributed by atoms with Gasteiger partial charge in [-0.2, -0.15) is 0 Å². The SMILES string of the molecule is C#CCOCCOCCOCCOCCNC(=O)CCCCN. The summed E-state index contributed by atoms with van der Waals surface area (Å²) in [5.74, 6) is 2.42. The maximum absolute atomic E-state index is 11.4. The number of carbonyl (C=O) groups excluding carboxylic acids is 1. The third kappa shape index (κ3) is 18.8. The Kier molecular flexibility index (Phi) is 17.9. The van der Waals surface area contributed by atoms with Crippen LogP contribution in [0.4, 0.5) is 0 Å². The van der Waals surface area contributed by atoms with Crippen LogP contribution in [-0.2, 0) is 23.7 Å². The summed E-state index contributed by atoms with van der Waals surface area (Å²) in [6, 6.07) is 0. The van der Waals surface area contributed by atoms with Crippen molar-refractivity contribution in [3.05, 3.63) is 0 Å². The van der Waals surface area contributed by atoms with Crippen LogP contribution in [0.3, 0.4) is 0 Å². The summed E-state index contributed by atoms with van der Waals surface area (Å²) in [5.41, 5.74) is 5.36. The lowest BCUT2D eigenvalue weighted by Crippen LogP contribution is -2.27. The van der Waals surface area contributed by atoms with Crippen molar-refractivity contribution in [1.82, 2.24) is 5.32 Å². The van der Waals surface area contributed by atoms with Gasteiger partial charge in [0, 0.05) is 13.0 Å². The molecule has 0 saturated carbocycles. The lowest BCUT2D eigenvalue weighted by molar-refractivity contribution is -0.121. The standard InChI is InChI=1S/C16H30N2O5/c1-2-8-20-10-12-22-14-15-23-13-11-21-9-7-18-16(19)5-3-4-6-17/h1H,3-15,17H2,(H,18,19). The number of hydrogen-bond acceptors (Lipinski definition) is 6. The van der Waals surface area contributed by atoms with Crippen LogP contribution in [-0.4, -0.2) is 71.9 Å². The zero-order chi connectivity index (χ0) is 17.0. The molecule has 0 aliphatic carbocycles. The van der Waals surface area contributed by atoms with Gasteiger partial charge in [-0.05, 0) is 19.4 Å². The van der Waals surface area contributed by atoms with Crippen molar-refractivity contribution in [1.29, 1.82) is 0 Å². The lowest BCUT2D eigenvalue weighted by Gasteiger charge is -2.08. The second kappa shape index (κ2) is 18.9. The lowest BCUT2D eigenvalue weighted by atomic mass is 10.2. The minimum atomic E-state index is 0.0432. The van der Waals surface area contributed by atoms with Crippen LogP contribution >= 0.6 is 0 Å². The van der Waals surface area contributed by atoms with Gasteiger partial charge in [0.25, 0.3) is 0 Å². The molecule has 1 amide bonds. The number of nitrogens with one attached hydrogen (secondary N) is 1. The van der Waals surface area contributed by atoms with Crippen LogP contribution in [0.5, 0.6) is 0 Å². The van der Waals surface area contributed by atoms with Gasteiger partial charge in [0.1, 0.15) is 6.61 Å². The average molecular weight is 330 g/mol. The van der Waals surface area contributed by atoms with Crippen LogP contribution in [0.25, 0.3) is 0 Å². The molecule has 0 aromatic rings. The number of terminal acetylenes is 1. The zero-order valence-electron chi connectivity index (χ0n) is 13.9. The number of hydrogen-bond donors (Lipinski definition) is 2. The van der Waals surface area contributed by atoms with Crippen molar-refractivity contribution in [2.24, 2.45) is 5.73 Å². The minimum absolute atomic E-state index is 0.0432. The van der Waals surface area contributed by atoms with Crippen molar-refractivity contribution in [2.75, 3.05) is 65.9 Å². The third-order valence-corrected chi connectivity index (χ3v) is 2.73. The Balaban J connectivity index is 3.08. The van der Waals surface area contributed by atoms with E-state index in [2.05, 4.69) is 11.2 Å². The first-order valence-corrected chi connectivity index (χ1v) is 8.02.